The molecule has 0 heterocycles. The molecule has 0 aliphatic rings. The van der Waals surface area contributed by atoms with E-state index in [4.69, 9.17) is 34.0 Å². The van der Waals surface area contributed by atoms with Crippen LogP contribution >= 0.6 is 35.6 Å². The van der Waals surface area contributed by atoms with Crippen molar-refractivity contribution in [2.24, 2.45) is 5.73 Å². The van der Waals surface area contributed by atoms with Gasteiger partial charge in [-0.15, -0.1) is 12.4 Å². The minimum absolute atomic E-state index is 0. The van der Waals surface area contributed by atoms with Gasteiger partial charge >= 0.3 is 5.97 Å². The van der Waals surface area contributed by atoms with Crippen LogP contribution in [0.4, 0.5) is 0 Å². The van der Waals surface area contributed by atoms with E-state index in [1.54, 1.807) is 18.2 Å². The number of halogens is 3. The number of hydrogen-bond donors (Lipinski definition) is 2. The van der Waals surface area contributed by atoms with E-state index in [0.29, 0.717) is 15.6 Å². The molecule has 0 aliphatic carbocycles. The summed E-state index contributed by atoms with van der Waals surface area (Å²) in [4.78, 5) is 10.8. The van der Waals surface area contributed by atoms with Crippen LogP contribution in [-0.4, -0.2) is 16.6 Å². The first-order chi connectivity index (χ1) is 6.81. The third-order valence-electron chi connectivity index (χ3n) is 1.98. The minimum Gasteiger partial charge on any atom is -0.480 e. The molecule has 0 spiro atoms. The quantitative estimate of drug-likeness (QED) is 0.897. The van der Waals surface area contributed by atoms with Crippen molar-refractivity contribution in [2.75, 3.05) is 0 Å². The Morgan fingerprint density at radius 3 is 2.19 bits per heavy atom. The zero-order valence-electron chi connectivity index (χ0n) is 8.54. The SMILES string of the molecule is CC(N)(Cc1cc(Cl)cc(Cl)c1)C(=O)O.Cl. The topological polar surface area (TPSA) is 63.3 Å². The van der Waals surface area contributed by atoms with Crippen LogP contribution < -0.4 is 5.73 Å². The van der Waals surface area contributed by atoms with Gasteiger partial charge in [-0.2, -0.15) is 0 Å². The number of hydrogen-bond acceptors (Lipinski definition) is 2. The first-order valence-electron chi connectivity index (χ1n) is 4.28. The van der Waals surface area contributed by atoms with Gasteiger partial charge in [-0.1, -0.05) is 23.2 Å². The van der Waals surface area contributed by atoms with Crippen LogP contribution in [0.5, 0.6) is 0 Å². The molecular formula is C10H12Cl3NO2. The number of carboxylic acids is 1. The molecule has 0 amide bonds. The van der Waals surface area contributed by atoms with Gasteiger partial charge in [-0.25, -0.2) is 0 Å². The van der Waals surface area contributed by atoms with Gasteiger partial charge in [0.05, 0.1) is 0 Å². The van der Waals surface area contributed by atoms with Crippen LogP contribution in [0.1, 0.15) is 12.5 Å². The average molecular weight is 285 g/mol. The Morgan fingerprint density at radius 1 is 1.38 bits per heavy atom. The van der Waals surface area contributed by atoms with Gasteiger partial charge in [0.25, 0.3) is 0 Å². The first kappa shape index (κ1) is 15.5. The lowest BCUT2D eigenvalue weighted by Gasteiger charge is -2.19. The summed E-state index contributed by atoms with van der Waals surface area (Å²) >= 11 is 11.6. The van der Waals surface area contributed by atoms with E-state index in [0.717, 1.165) is 0 Å². The number of benzene rings is 1. The molecule has 0 aliphatic heterocycles. The Bertz CT molecular complexity index is 373. The molecule has 0 aromatic heterocycles. The summed E-state index contributed by atoms with van der Waals surface area (Å²) in [6.07, 6.45) is 0.183. The highest BCUT2D eigenvalue weighted by atomic mass is 35.5. The third kappa shape index (κ3) is 4.18. The second-order valence-electron chi connectivity index (χ2n) is 3.68. The molecule has 3 N–H and O–H groups in total. The number of carboxylic acid groups (broad SMARTS) is 1. The van der Waals surface area contributed by atoms with Crippen molar-refractivity contribution in [3.63, 3.8) is 0 Å². The fourth-order valence-corrected chi connectivity index (χ4v) is 1.78. The molecule has 1 rings (SSSR count). The maximum atomic E-state index is 10.8. The Labute approximate surface area is 110 Å². The molecule has 0 saturated heterocycles. The summed E-state index contributed by atoms with van der Waals surface area (Å²) in [5.41, 5.74) is 5.00. The fraction of sp³-hybridized carbons (Fsp3) is 0.300. The number of carbonyl (C=O) groups is 1. The van der Waals surface area contributed by atoms with Crippen LogP contribution in [0.25, 0.3) is 0 Å². The van der Waals surface area contributed by atoms with Crippen LogP contribution in [0.15, 0.2) is 18.2 Å². The molecule has 6 heteroatoms. The molecule has 1 aromatic rings. The molecule has 1 atom stereocenters. The lowest BCUT2D eigenvalue weighted by molar-refractivity contribution is -0.142. The second-order valence-corrected chi connectivity index (χ2v) is 4.55. The van der Waals surface area contributed by atoms with Crippen LogP contribution in [0.3, 0.4) is 0 Å². The zero-order chi connectivity index (χ0) is 11.6. The molecule has 0 bridgehead atoms. The monoisotopic (exact) mass is 283 g/mol. The highest BCUT2D eigenvalue weighted by molar-refractivity contribution is 6.34. The minimum atomic E-state index is -1.31. The molecule has 0 saturated carbocycles. The summed E-state index contributed by atoms with van der Waals surface area (Å²) in [6, 6.07) is 4.89. The predicted molar refractivity (Wildman–Crippen MR) is 67.6 cm³/mol. The van der Waals surface area contributed by atoms with Gasteiger partial charge in [-0.3, -0.25) is 4.79 Å². The van der Waals surface area contributed by atoms with Crippen molar-refractivity contribution in [3.8, 4) is 0 Å². The van der Waals surface area contributed by atoms with E-state index in [1.165, 1.54) is 6.92 Å². The van der Waals surface area contributed by atoms with Crippen molar-refractivity contribution < 1.29 is 9.90 Å². The number of aliphatic carboxylic acids is 1. The van der Waals surface area contributed by atoms with Gasteiger partial charge in [0.15, 0.2) is 0 Å². The molecule has 90 valence electrons. The molecule has 0 fully saturated rings. The summed E-state index contributed by atoms with van der Waals surface area (Å²) in [7, 11) is 0. The highest BCUT2D eigenvalue weighted by Gasteiger charge is 2.28. The van der Waals surface area contributed by atoms with Crippen molar-refractivity contribution in [2.45, 2.75) is 18.9 Å². The van der Waals surface area contributed by atoms with Gasteiger partial charge in [0.2, 0.25) is 0 Å². The highest BCUT2D eigenvalue weighted by Crippen LogP contribution is 2.21. The summed E-state index contributed by atoms with van der Waals surface area (Å²) < 4.78 is 0. The molecule has 1 aromatic carbocycles. The lowest BCUT2D eigenvalue weighted by atomic mass is 9.94. The van der Waals surface area contributed by atoms with E-state index < -0.39 is 11.5 Å². The van der Waals surface area contributed by atoms with E-state index in [-0.39, 0.29) is 18.8 Å². The molecule has 1 unspecified atom stereocenters. The lowest BCUT2D eigenvalue weighted by Crippen LogP contribution is -2.46. The molecular weight excluding hydrogens is 272 g/mol. The standard InChI is InChI=1S/C10H11Cl2NO2.ClH/c1-10(13,9(14)15)5-6-2-7(11)4-8(12)3-6;/h2-4H,5,13H2,1H3,(H,14,15);1H. The molecule has 0 radical (unpaired) electrons. The Kier molecular flexibility index (Phi) is 5.56. The predicted octanol–water partition coefficient (Wildman–Crippen LogP) is 2.76. The van der Waals surface area contributed by atoms with Crippen molar-refractivity contribution in [1.82, 2.24) is 0 Å². The number of nitrogens with two attached hydrogens (primary N) is 1. The summed E-state index contributed by atoms with van der Waals surface area (Å²) in [5, 5.41) is 9.79. The first-order valence-corrected chi connectivity index (χ1v) is 5.04. The van der Waals surface area contributed by atoms with Crippen molar-refractivity contribution in [3.05, 3.63) is 33.8 Å². The summed E-state index contributed by atoms with van der Waals surface area (Å²) in [6.45, 7) is 1.45. The third-order valence-corrected chi connectivity index (χ3v) is 2.42. The largest absolute Gasteiger partial charge is 0.480 e. The number of rotatable bonds is 3. The van der Waals surface area contributed by atoms with E-state index >= 15 is 0 Å². The van der Waals surface area contributed by atoms with Crippen LogP contribution in [-0.2, 0) is 11.2 Å². The second kappa shape index (κ2) is 5.73. The maximum Gasteiger partial charge on any atom is 0.323 e. The van der Waals surface area contributed by atoms with E-state index in [9.17, 15) is 4.79 Å². The van der Waals surface area contributed by atoms with Gasteiger partial charge in [0.1, 0.15) is 5.54 Å². The van der Waals surface area contributed by atoms with E-state index in [2.05, 4.69) is 0 Å². The Hall–Kier alpha value is -0.480. The van der Waals surface area contributed by atoms with Crippen LogP contribution in [0, 0.1) is 0 Å². The summed E-state index contributed by atoms with van der Waals surface area (Å²) in [5.74, 6) is -1.06. The van der Waals surface area contributed by atoms with Gasteiger partial charge < -0.3 is 10.8 Å². The van der Waals surface area contributed by atoms with Crippen molar-refractivity contribution >= 4 is 41.6 Å². The smallest absolute Gasteiger partial charge is 0.323 e. The molecule has 3 nitrogen and oxygen atoms in total. The normalized spacial score (nSPS) is 13.8. The van der Waals surface area contributed by atoms with E-state index in [1.807, 2.05) is 0 Å². The molecule has 16 heavy (non-hydrogen) atoms. The Balaban J connectivity index is 0.00000225. The maximum absolute atomic E-state index is 10.8. The van der Waals surface area contributed by atoms with Gasteiger partial charge in [-0.05, 0) is 30.7 Å². The average Bonchev–Trinajstić information content (AvgIpc) is 1.99. The zero-order valence-corrected chi connectivity index (χ0v) is 10.9. The Morgan fingerprint density at radius 2 is 1.81 bits per heavy atom. The van der Waals surface area contributed by atoms with Crippen LogP contribution in [0.2, 0.25) is 10.0 Å². The van der Waals surface area contributed by atoms with Crippen molar-refractivity contribution in [1.29, 1.82) is 0 Å². The van der Waals surface area contributed by atoms with Gasteiger partial charge in [0, 0.05) is 16.5 Å². The fourth-order valence-electron chi connectivity index (χ4n) is 1.21.